The molecule has 0 saturated heterocycles. The molecule has 5 heteroatoms. The number of fused-ring (bicyclic) bond motifs is 8. The Morgan fingerprint density at radius 2 is 1.16 bits per heavy atom. The highest BCUT2D eigenvalue weighted by molar-refractivity contribution is 7.86. The van der Waals surface area contributed by atoms with E-state index in [-0.39, 0.29) is 0 Å². The maximum absolute atomic E-state index is 15.4. The Kier molecular flexibility index (Phi) is 6.12. The highest BCUT2D eigenvalue weighted by Crippen LogP contribution is 2.54. The molecule has 230 valence electrons. The monoisotopic (exact) mass is 645 g/mol. The molecule has 1 aliphatic heterocycles. The Bertz CT molecular complexity index is 2790. The van der Waals surface area contributed by atoms with E-state index in [1.807, 2.05) is 78.9 Å². The van der Waals surface area contributed by atoms with E-state index in [4.69, 9.17) is 9.97 Å². The van der Waals surface area contributed by atoms with Gasteiger partial charge in [-0.05, 0) is 48.0 Å². The van der Waals surface area contributed by atoms with Crippen molar-refractivity contribution >= 4 is 55.8 Å². The third kappa shape index (κ3) is 4.08. The molecule has 49 heavy (non-hydrogen) atoms. The summed E-state index contributed by atoms with van der Waals surface area (Å²) in [6.45, 7) is 0. The quantitative estimate of drug-likeness (QED) is 0.179. The van der Waals surface area contributed by atoms with Gasteiger partial charge in [-0.1, -0.05) is 127 Å². The molecule has 1 unspecified atom stereocenters. The Labute approximate surface area is 283 Å². The first-order chi connectivity index (χ1) is 24.2. The van der Waals surface area contributed by atoms with Gasteiger partial charge in [0.15, 0.2) is 13.0 Å². The molecule has 3 heterocycles. The zero-order chi connectivity index (χ0) is 32.5. The Balaban J connectivity index is 1.20. The molecule has 9 aromatic rings. The van der Waals surface area contributed by atoms with Crippen LogP contribution in [0.1, 0.15) is 0 Å². The average Bonchev–Trinajstić information content (AvgIpc) is 3.65. The minimum absolute atomic E-state index is 0.685. The number of para-hydroxylation sites is 2. The SMILES string of the molecule is O=P1(c2ccccc2)c2ccccc2-c2c1ccc1c3ccccc3n(-c3ccc(-c4nc(-c5ccccc5)c5ccccc5n4)cc3)c21. The number of rotatable bonds is 4. The smallest absolute Gasteiger partial charge is 0.172 e. The summed E-state index contributed by atoms with van der Waals surface area (Å²) >= 11 is 0. The Morgan fingerprint density at radius 1 is 0.490 bits per heavy atom. The van der Waals surface area contributed by atoms with Crippen LogP contribution in [0.15, 0.2) is 170 Å². The molecule has 0 amide bonds. The van der Waals surface area contributed by atoms with Crippen LogP contribution in [0, 0.1) is 0 Å². The first-order valence-corrected chi connectivity index (χ1v) is 18.2. The summed E-state index contributed by atoms with van der Waals surface area (Å²) in [7, 11) is -3.09. The van der Waals surface area contributed by atoms with E-state index in [1.54, 1.807) is 0 Å². The topological polar surface area (TPSA) is 47.8 Å². The summed E-state index contributed by atoms with van der Waals surface area (Å²) in [4.78, 5) is 10.1. The first kappa shape index (κ1) is 28.0. The fourth-order valence-corrected chi connectivity index (χ4v) is 10.7. The van der Waals surface area contributed by atoms with Gasteiger partial charge in [0, 0.05) is 54.5 Å². The van der Waals surface area contributed by atoms with Gasteiger partial charge in [0.05, 0.1) is 22.2 Å². The molecular formula is C44H28N3OP. The van der Waals surface area contributed by atoms with Crippen LogP contribution in [0.5, 0.6) is 0 Å². The third-order valence-corrected chi connectivity index (χ3v) is 13.0. The molecule has 4 nitrogen and oxygen atoms in total. The van der Waals surface area contributed by atoms with Crippen molar-refractivity contribution in [1.82, 2.24) is 14.5 Å². The minimum atomic E-state index is -3.09. The zero-order valence-corrected chi connectivity index (χ0v) is 27.3. The van der Waals surface area contributed by atoms with Gasteiger partial charge in [-0.25, -0.2) is 9.97 Å². The standard InChI is InChI=1S/C44H28N3OP/c48-49(32-15-5-2-6-16-32)39-22-12-9-19-36(39)41-40(49)28-27-34-33-17-8-11-21-38(33)47(43(34)41)31-25-23-30(24-26-31)44-45-37-20-10-7-18-35(37)42(46-44)29-13-3-1-4-14-29/h1-28H. The van der Waals surface area contributed by atoms with Crippen LogP contribution in [0.25, 0.3) is 72.2 Å². The van der Waals surface area contributed by atoms with Gasteiger partial charge in [-0.2, -0.15) is 0 Å². The van der Waals surface area contributed by atoms with Gasteiger partial charge in [0.2, 0.25) is 0 Å². The van der Waals surface area contributed by atoms with Gasteiger partial charge >= 0.3 is 0 Å². The molecule has 0 N–H and O–H groups in total. The Morgan fingerprint density at radius 3 is 1.98 bits per heavy atom. The summed E-state index contributed by atoms with van der Waals surface area (Å²) in [6, 6.07) is 58.0. The fourth-order valence-electron chi connectivity index (χ4n) is 7.63. The zero-order valence-electron chi connectivity index (χ0n) is 26.4. The van der Waals surface area contributed by atoms with Crippen molar-refractivity contribution in [3.8, 4) is 39.5 Å². The number of nitrogens with zero attached hydrogens (tertiary/aromatic N) is 3. The van der Waals surface area contributed by atoms with Crippen LogP contribution < -0.4 is 15.9 Å². The maximum Gasteiger partial charge on any atom is 0.172 e. The lowest BCUT2D eigenvalue weighted by Gasteiger charge is -2.16. The van der Waals surface area contributed by atoms with Crippen molar-refractivity contribution in [1.29, 1.82) is 0 Å². The van der Waals surface area contributed by atoms with Crippen molar-refractivity contribution in [2.45, 2.75) is 0 Å². The largest absolute Gasteiger partial charge is 0.309 e. The highest BCUT2D eigenvalue weighted by Gasteiger charge is 2.41. The van der Waals surface area contributed by atoms with E-state index in [9.17, 15) is 0 Å². The molecule has 0 fully saturated rings. The lowest BCUT2D eigenvalue weighted by molar-refractivity contribution is 0.593. The van der Waals surface area contributed by atoms with E-state index >= 15 is 4.57 Å². The van der Waals surface area contributed by atoms with Crippen LogP contribution >= 0.6 is 7.14 Å². The van der Waals surface area contributed by atoms with E-state index in [0.717, 1.165) is 82.3 Å². The van der Waals surface area contributed by atoms with Crippen LogP contribution in [0.3, 0.4) is 0 Å². The van der Waals surface area contributed by atoms with Crippen molar-refractivity contribution in [2.24, 2.45) is 0 Å². The average molecular weight is 646 g/mol. The van der Waals surface area contributed by atoms with Crippen molar-refractivity contribution < 1.29 is 4.57 Å². The second kappa shape index (κ2) is 10.7. The highest BCUT2D eigenvalue weighted by atomic mass is 31.2. The number of aromatic nitrogens is 3. The molecule has 0 radical (unpaired) electrons. The van der Waals surface area contributed by atoms with Crippen LogP contribution in [-0.4, -0.2) is 14.5 Å². The molecular weight excluding hydrogens is 617 g/mol. The van der Waals surface area contributed by atoms with Gasteiger partial charge in [0.25, 0.3) is 0 Å². The van der Waals surface area contributed by atoms with E-state index < -0.39 is 7.14 Å². The number of hydrogen-bond acceptors (Lipinski definition) is 3. The summed E-state index contributed by atoms with van der Waals surface area (Å²) in [5, 5.41) is 5.98. The second-order valence-electron chi connectivity index (χ2n) is 12.5. The number of benzene rings is 7. The molecule has 0 spiro atoms. The van der Waals surface area contributed by atoms with Gasteiger partial charge < -0.3 is 9.13 Å². The predicted molar refractivity (Wildman–Crippen MR) is 203 cm³/mol. The van der Waals surface area contributed by atoms with Crippen molar-refractivity contribution in [3.63, 3.8) is 0 Å². The molecule has 2 aromatic heterocycles. The maximum atomic E-state index is 15.4. The van der Waals surface area contributed by atoms with E-state index in [0.29, 0.717) is 5.82 Å². The minimum Gasteiger partial charge on any atom is -0.309 e. The van der Waals surface area contributed by atoms with Crippen LogP contribution in [0.2, 0.25) is 0 Å². The van der Waals surface area contributed by atoms with E-state index in [1.165, 1.54) is 0 Å². The predicted octanol–water partition coefficient (Wildman–Crippen LogP) is 9.68. The summed E-state index contributed by atoms with van der Waals surface area (Å²) < 4.78 is 17.7. The van der Waals surface area contributed by atoms with Crippen molar-refractivity contribution in [3.05, 3.63) is 170 Å². The van der Waals surface area contributed by atoms with Gasteiger partial charge in [0.1, 0.15) is 0 Å². The van der Waals surface area contributed by atoms with E-state index in [2.05, 4.69) is 95.6 Å². The number of hydrogen-bond donors (Lipinski definition) is 0. The summed E-state index contributed by atoms with van der Waals surface area (Å²) in [5.41, 5.74) is 9.11. The second-order valence-corrected chi connectivity index (χ2v) is 15.2. The van der Waals surface area contributed by atoms with Crippen molar-refractivity contribution in [2.75, 3.05) is 0 Å². The van der Waals surface area contributed by atoms with Crippen LogP contribution in [0.4, 0.5) is 0 Å². The molecule has 10 rings (SSSR count). The molecule has 0 bridgehead atoms. The fraction of sp³-hybridized carbons (Fsp3) is 0. The molecule has 1 aliphatic rings. The first-order valence-electron chi connectivity index (χ1n) is 16.5. The molecule has 0 saturated carbocycles. The molecule has 1 atom stereocenters. The lowest BCUT2D eigenvalue weighted by atomic mass is 10.0. The van der Waals surface area contributed by atoms with Crippen LogP contribution in [-0.2, 0) is 4.57 Å². The normalized spacial score (nSPS) is 15.1. The van der Waals surface area contributed by atoms with Gasteiger partial charge in [-0.15, -0.1) is 0 Å². The Hall–Kier alpha value is -6.09. The van der Waals surface area contributed by atoms with Gasteiger partial charge in [-0.3, -0.25) is 0 Å². The molecule has 0 aliphatic carbocycles. The summed E-state index contributed by atoms with van der Waals surface area (Å²) in [5.74, 6) is 0.685. The third-order valence-electron chi connectivity index (χ3n) is 9.82. The molecule has 7 aromatic carbocycles. The summed E-state index contributed by atoms with van der Waals surface area (Å²) in [6.07, 6.45) is 0. The lowest BCUT2D eigenvalue weighted by Crippen LogP contribution is -2.20.